The highest BCUT2D eigenvalue weighted by Crippen LogP contribution is 2.14. The number of amides is 1. The fourth-order valence-corrected chi connectivity index (χ4v) is 2.08. The average Bonchev–Trinajstić information content (AvgIpc) is 2.96. The summed E-state index contributed by atoms with van der Waals surface area (Å²) >= 11 is 0. The Balaban J connectivity index is 1.75. The van der Waals surface area contributed by atoms with Gasteiger partial charge in [0.2, 0.25) is 0 Å². The number of nitrogens with one attached hydrogen (secondary N) is 1. The number of aromatic nitrogens is 2. The van der Waals surface area contributed by atoms with Crippen molar-refractivity contribution < 1.29 is 9.53 Å². The summed E-state index contributed by atoms with van der Waals surface area (Å²) in [6, 6.07) is 14.5. The Morgan fingerprint density at radius 2 is 2.00 bits per heavy atom. The minimum Gasteiger partial charge on any atom is -0.490 e. The largest absolute Gasteiger partial charge is 0.490 e. The van der Waals surface area contributed by atoms with Gasteiger partial charge < -0.3 is 4.74 Å². The zero-order valence-corrected chi connectivity index (χ0v) is 11.9. The van der Waals surface area contributed by atoms with Gasteiger partial charge in [-0.25, -0.2) is 9.66 Å². The number of ether oxygens (including phenoxy) is 1. The molecule has 1 N–H and O–H groups in total. The third kappa shape index (κ3) is 2.83. The summed E-state index contributed by atoms with van der Waals surface area (Å²) in [5.41, 5.74) is 5.03. The van der Waals surface area contributed by atoms with Gasteiger partial charge in [0.25, 0.3) is 5.91 Å². The van der Waals surface area contributed by atoms with Crippen LogP contribution in [-0.2, 0) is 0 Å². The van der Waals surface area contributed by atoms with E-state index < -0.39 is 0 Å². The molecule has 0 unspecified atom stereocenters. The van der Waals surface area contributed by atoms with Crippen molar-refractivity contribution in [3.8, 4) is 5.75 Å². The van der Waals surface area contributed by atoms with Gasteiger partial charge in [-0.15, -0.1) is 0 Å². The number of fused-ring (bicyclic) bond motifs is 1. The van der Waals surface area contributed by atoms with Gasteiger partial charge >= 0.3 is 0 Å². The van der Waals surface area contributed by atoms with E-state index in [-0.39, 0.29) is 5.91 Å². The highest BCUT2D eigenvalue weighted by Gasteiger charge is 2.08. The highest BCUT2D eigenvalue weighted by molar-refractivity contribution is 6.00. The quantitative estimate of drug-likeness (QED) is 0.736. The molecule has 22 heavy (non-hydrogen) atoms. The third-order valence-corrected chi connectivity index (χ3v) is 3.16. The van der Waals surface area contributed by atoms with Crippen LogP contribution in [0.4, 0.5) is 0 Å². The number of imidazole rings is 1. The fourth-order valence-electron chi connectivity index (χ4n) is 2.08. The van der Waals surface area contributed by atoms with Gasteiger partial charge in [0.1, 0.15) is 18.7 Å². The van der Waals surface area contributed by atoms with Crippen molar-refractivity contribution >= 4 is 16.9 Å². The average molecular weight is 293 g/mol. The molecule has 2 aromatic carbocycles. The minimum atomic E-state index is -0.210. The van der Waals surface area contributed by atoms with Crippen LogP contribution in [-0.4, -0.2) is 22.2 Å². The van der Waals surface area contributed by atoms with Gasteiger partial charge in [-0.1, -0.05) is 24.8 Å². The van der Waals surface area contributed by atoms with Crippen molar-refractivity contribution in [2.24, 2.45) is 0 Å². The first kappa shape index (κ1) is 13.9. The van der Waals surface area contributed by atoms with Crippen LogP contribution in [0.5, 0.6) is 5.75 Å². The Morgan fingerprint density at radius 1 is 1.23 bits per heavy atom. The molecular formula is C17H15N3O2. The lowest BCUT2D eigenvalue weighted by Gasteiger charge is -2.08. The maximum Gasteiger partial charge on any atom is 0.270 e. The van der Waals surface area contributed by atoms with Gasteiger partial charge in [0.05, 0.1) is 11.0 Å². The molecule has 1 heterocycles. The van der Waals surface area contributed by atoms with E-state index >= 15 is 0 Å². The monoisotopic (exact) mass is 293 g/mol. The standard InChI is InChI=1S/C17H15N3O2/c1-2-11-22-14-9-7-13(8-10-14)17(21)19-20-12-18-15-5-3-4-6-16(15)20/h2-10,12H,1,11H2,(H,19,21). The predicted octanol–water partition coefficient (Wildman–Crippen LogP) is 2.99. The molecule has 5 nitrogen and oxygen atoms in total. The second-order valence-electron chi connectivity index (χ2n) is 4.67. The zero-order chi connectivity index (χ0) is 15.4. The first-order valence-corrected chi connectivity index (χ1v) is 6.85. The molecule has 3 rings (SSSR count). The summed E-state index contributed by atoms with van der Waals surface area (Å²) in [6.45, 7) is 4.03. The van der Waals surface area contributed by atoms with Crippen LogP contribution in [0, 0.1) is 0 Å². The van der Waals surface area contributed by atoms with Gasteiger partial charge in [0.15, 0.2) is 0 Å². The van der Waals surface area contributed by atoms with E-state index in [9.17, 15) is 4.79 Å². The normalized spacial score (nSPS) is 10.4. The number of nitrogens with zero attached hydrogens (tertiary/aromatic N) is 2. The van der Waals surface area contributed by atoms with Gasteiger partial charge in [-0.05, 0) is 36.4 Å². The number of carbonyl (C=O) groups is 1. The Hall–Kier alpha value is -3.08. The smallest absolute Gasteiger partial charge is 0.270 e. The van der Waals surface area contributed by atoms with Crippen LogP contribution in [0.2, 0.25) is 0 Å². The topological polar surface area (TPSA) is 56.1 Å². The van der Waals surface area contributed by atoms with Crippen LogP contribution in [0.3, 0.4) is 0 Å². The molecule has 0 radical (unpaired) electrons. The van der Waals surface area contributed by atoms with Crippen LogP contribution >= 0.6 is 0 Å². The van der Waals surface area contributed by atoms with Crippen molar-refractivity contribution in [3.63, 3.8) is 0 Å². The molecule has 0 spiro atoms. The van der Waals surface area contributed by atoms with Crippen LogP contribution in [0.1, 0.15) is 10.4 Å². The lowest BCUT2D eigenvalue weighted by molar-refractivity contribution is 0.101. The van der Waals surface area contributed by atoms with E-state index in [0.29, 0.717) is 17.9 Å². The summed E-state index contributed by atoms with van der Waals surface area (Å²) < 4.78 is 7.00. The Bertz CT molecular complexity index is 806. The van der Waals surface area contributed by atoms with Gasteiger partial charge in [-0.3, -0.25) is 10.2 Å². The van der Waals surface area contributed by atoms with Crippen LogP contribution < -0.4 is 10.2 Å². The molecule has 0 bridgehead atoms. The van der Waals surface area contributed by atoms with E-state index in [0.717, 1.165) is 11.0 Å². The van der Waals surface area contributed by atoms with Crippen LogP contribution in [0.15, 0.2) is 67.5 Å². The Labute approximate surface area is 127 Å². The van der Waals surface area contributed by atoms with Crippen molar-refractivity contribution in [2.75, 3.05) is 12.0 Å². The molecule has 110 valence electrons. The molecular weight excluding hydrogens is 278 g/mol. The SMILES string of the molecule is C=CCOc1ccc(C(=O)Nn2cnc3ccccc32)cc1. The Kier molecular flexibility index (Phi) is 3.87. The molecule has 1 aromatic heterocycles. The molecule has 1 amide bonds. The van der Waals surface area contributed by atoms with Crippen molar-refractivity contribution in [2.45, 2.75) is 0 Å². The maximum atomic E-state index is 12.3. The molecule has 0 aliphatic carbocycles. The fraction of sp³-hybridized carbons (Fsp3) is 0.0588. The number of hydrogen-bond acceptors (Lipinski definition) is 3. The van der Waals surface area contributed by atoms with E-state index in [1.54, 1.807) is 41.3 Å². The minimum absolute atomic E-state index is 0.210. The van der Waals surface area contributed by atoms with Crippen molar-refractivity contribution in [3.05, 3.63) is 73.1 Å². The lowest BCUT2D eigenvalue weighted by Crippen LogP contribution is -2.21. The molecule has 0 saturated heterocycles. The highest BCUT2D eigenvalue weighted by atomic mass is 16.5. The van der Waals surface area contributed by atoms with Crippen molar-refractivity contribution in [1.29, 1.82) is 0 Å². The van der Waals surface area contributed by atoms with Crippen molar-refractivity contribution in [1.82, 2.24) is 9.66 Å². The summed E-state index contributed by atoms with van der Waals surface area (Å²) in [4.78, 5) is 16.5. The molecule has 0 fully saturated rings. The lowest BCUT2D eigenvalue weighted by atomic mass is 10.2. The maximum absolute atomic E-state index is 12.3. The number of rotatable bonds is 5. The number of benzene rings is 2. The number of carbonyl (C=O) groups excluding carboxylic acids is 1. The van der Waals surface area contributed by atoms with Gasteiger partial charge in [-0.2, -0.15) is 0 Å². The van der Waals surface area contributed by atoms with E-state index in [1.165, 1.54) is 0 Å². The van der Waals surface area contributed by atoms with Gasteiger partial charge in [0, 0.05) is 5.56 Å². The summed E-state index contributed by atoms with van der Waals surface area (Å²) in [6.07, 6.45) is 3.26. The molecule has 0 aliphatic rings. The Morgan fingerprint density at radius 3 is 2.77 bits per heavy atom. The predicted molar refractivity (Wildman–Crippen MR) is 85.6 cm³/mol. The molecule has 0 saturated carbocycles. The van der Waals surface area contributed by atoms with E-state index in [1.807, 2.05) is 24.3 Å². The van der Waals surface area contributed by atoms with E-state index in [4.69, 9.17) is 4.74 Å². The molecule has 3 aromatic rings. The molecule has 0 aliphatic heterocycles. The second kappa shape index (κ2) is 6.13. The van der Waals surface area contributed by atoms with E-state index in [2.05, 4.69) is 17.0 Å². The molecule has 0 atom stereocenters. The number of hydrogen-bond donors (Lipinski definition) is 1. The third-order valence-electron chi connectivity index (χ3n) is 3.16. The summed E-state index contributed by atoms with van der Waals surface area (Å²) in [5.74, 6) is 0.489. The zero-order valence-electron chi connectivity index (χ0n) is 11.9. The number of para-hydroxylation sites is 2. The summed E-state index contributed by atoms with van der Waals surface area (Å²) in [5, 5.41) is 0. The second-order valence-corrected chi connectivity index (χ2v) is 4.67. The first-order valence-electron chi connectivity index (χ1n) is 6.85. The first-order chi connectivity index (χ1) is 10.8. The summed E-state index contributed by atoms with van der Waals surface area (Å²) in [7, 11) is 0. The van der Waals surface area contributed by atoms with Crippen LogP contribution in [0.25, 0.3) is 11.0 Å². The molecule has 5 heteroatoms.